The van der Waals surface area contributed by atoms with Crippen LogP contribution in [-0.2, 0) is 0 Å². The second-order valence-corrected chi connectivity index (χ2v) is 5.27. The Balaban J connectivity index is 1.87. The molecule has 2 aromatic carbocycles. The molecule has 5 heteroatoms. The Morgan fingerprint density at radius 3 is 2.61 bits per heavy atom. The zero-order valence-corrected chi connectivity index (χ0v) is 13.3. The Bertz CT molecular complexity index is 868. The Labute approximate surface area is 134 Å². The van der Waals surface area contributed by atoms with E-state index >= 15 is 0 Å². The van der Waals surface area contributed by atoms with Crippen molar-refractivity contribution in [3.05, 3.63) is 53.7 Å². The SMILES string of the molecule is COc1ccc(NC(=O)c2ccc3[nH]c(C)cc3c2)c(OC)c1. The molecule has 3 rings (SSSR count). The van der Waals surface area contributed by atoms with Crippen molar-refractivity contribution in [2.75, 3.05) is 19.5 Å². The average molecular weight is 310 g/mol. The molecule has 0 aliphatic carbocycles. The van der Waals surface area contributed by atoms with Crippen molar-refractivity contribution in [3.8, 4) is 11.5 Å². The van der Waals surface area contributed by atoms with Gasteiger partial charge < -0.3 is 19.8 Å². The summed E-state index contributed by atoms with van der Waals surface area (Å²) in [7, 11) is 3.14. The maximum Gasteiger partial charge on any atom is 0.255 e. The lowest BCUT2D eigenvalue weighted by Gasteiger charge is -2.11. The largest absolute Gasteiger partial charge is 0.497 e. The van der Waals surface area contributed by atoms with E-state index in [9.17, 15) is 4.79 Å². The van der Waals surface area contributed by atoms with Gasteiger partial charge >= 0.3 is 0 Å². The lowest BCUT2D eigenvalue weighted by atomic mass is 10.1. The number of carbonyl (C=O) groups is 1. The first-order chi connectivity index (χ1) is 11.1. The molecule has 0 aliphatic rings. The van der Waals surface area contributed by atoms with E-state index in [1.165, 1.54) is 0 Å². The van der Waals surface area contributed by atoms with E-state index in [1.807, 2.05) is 25.1 Å². The maximum absolute atomic E-state index is 12.5. The first-order valence-corrected chi connectivity index (χ1v) is 7.23. The summed E-state index contributed by atoms with van der Waals surface area (Å²) in [5, 5.41) is 3.88. The highest BCUT2D eigenvalue weighted by atomic mass is 16.5. The summed E-state index contributed by atoms with van der Waals surface area (Å²) in [6, 6.07) is 12.8. The minimum atomic E-state index is -0.186. The molecular weight excluding hydrogens is 292 g/mol. The standard InChI is InChI=1S/C18H18N2O3/c1-11-8-13-9-12(4-6-15(13)19-11)18(21)20-16-7-5-14(22-2)10-17(16)23-3/h4-10,19H,1-3H3,(H,20,21). The van der Waals surface area contributed by atoms with E-state index in [-0.39, 0.29) is 5.91 Å². The zero-order valence-electron chi connectivity index (χ0n) is 13.3. The molecule has 0 saturated carbocycles. The summed E-state index contributed by atoms with van der Waals surface area (Å²) in [4.78, 5) is 15.7. The smallest absolute Gasteiger partial charge is 0.255 e. The van der Waals surface area contributed by atoms with Gasteiger partial charge in [-0.2, -0.15) is 0 Å². The number of hydrogen-bond donors (Lipinski definition) is 2. The monoisotopic (exact) mass is 310 g/mol. The second kappa shape index (κ2) is 6.04. The number of aryl methyl sites for hydroxylation is 1. The number of fused-ring (bicyclic) bond motifs is 1. The lowest BCUT2D eigenvalue weighted by Crippen LogP contribution is -2.12. The molecule has 1 aromatic heterocycles. The third kappa shape index (κ3) is 2.99. The van der Waals surface area contributed by atoms with Gasteiger partial charge in [0.15, 0.2) is 0 Å². The molecule has 23 heavy (non-hydrogen) atoms. The van der Waals surface area contributed by atoms with Crippen LogP contribution in [0.1, 0.15) is 16.1 Å². The fourth-order valence-corrected chi connectivity index (χ4v) is 2.52. The Hall–Kier alpha value is -2.95. The summed E-state index contributed by atoms with van der Waals surface area (Å²) in [5.41, 5.74) is 3.27. The Morgan fingerprint density at radius 2 is 1.87 bits per heavy atom. The summed E-state index contributed by atoms with van der Waals surface area (Å²) in [6.45, 7) is 1.99. The number of aromatic nitrogens is 1. The molecule has 2 N–H and O–H groups in total. The van der Waals surface area contributed by atoms with E-state index in [0.717, 1.165) is 16.6 Å². The fourth-order valence-electron chi connectivity index (χ4n) is 2.52. The van der Waals surface area contributed by atoms with Crippen molar-refractivity contribution < 1.29 is 14.3 Å². The van der Waals surface area contributed by atoms with Gasteiger partial charge in [-0.05, 0) is 43.3 Å². The molecule has 1 heterocycles. The van der Waals surface area contributed by atoms with Crippen LogP contribution >= 0.6 is 0 Å². The molecule has 0 saturated heterocycles. The number of benzene rings is 2. The molecule has 0 spiro atoms. The van der Waals surface area contributed by atoms with E-state index < -0.39 is 0 Å². The molecule has 3 aromatic rings. The van der Waals surface area contributed by atoms with Gasteiger partial charge in [0.2, 0.25) is 0 Å². The van der Waals surface area contributed by atoms with Crippen LogP contribution < -0.4 is 14.8 Å². The number of nitrogens with one attached hydrogen (secondary N) is 2. The summed E-state index contributed by atoms with van der Waals surface area (Å²) < 4.78 is 10.5. The van der Waals surface area contributed by atoms with Crippen LogP contribution in [0.15, 0.2) is 42.5 Å². The molecule has 0 radical (unpaired) electrons. The third-order valence-electron chi connectivity index (χ3n) is 3.67. The van der Waals surface area contributed by atoms with Gasteiger partial charge in [0.05, 0.1) is 19.9 Å². The molecule has 0 fully saturated rings. The number of H-pyrrole nitrogens is 1. The number of rotatable bonds is 4. The lowest BCUT2D eigenvalue weighted by molar-refractivity contribution is 0.102. The minimum absolute atomic E-state index is 0.186. The average Bonchev–Trinajstić information content (AvgIpc) is 2.94. The van der Waals surface area contributed by atoms with Gasteiger partial charge in [-0.1, -0.05) is 0 Å². The van der Waals surface area contributed by atoms with Crippen LogP contribution in [0.4, 0.5) is 5.69 Å². The van der Waals surface area contributed by atoms with Crippen molar-refractivity contribution in [2.45, 2.75) is 6.92 Å². The molecule has 118 valence electrons. The molecule has 0 bridgehead atoms. The normalized spacial score (nSPS) is 10.6. The van der Waals surface area contributed by atoms with Crippen molar-refractivity contribution in [1.82, 2.24) is 4.98 Å². The van der Waals surface area contributed by atoms with Gasteiger partial charge in [0, 0.05) is 28.2 Å². The third-order valence-corrected chi connectivity index (χ3v) is 3.67. The van der Waals surface area contributed by atoms with E-state index in [4.69, 9.17) is 9.47 Å². The molecule has 0 unspecified atom stereocenters. The predicted octanol–water partition coefficient (Wildman–Crippen LogP) is 3.75. The topological polar surface area (TPSA) is 63.3 Å². The van der Waals surface area contributed by atoms with Crippen LogP contribution in [0.3, 0.4) is 0 Å². The summed E-state index contributed by atoms with van der Waals surface area (Å²) in [5.74, 6) is 1.04. The van der Waals surface area contributed by atoms with Gasteiger partial charge in [-0.15, -0.1) is 0 Å². The number of ether oxygens (including phenoxy) is 2. The summed E-state index contributed by atoms with van der Waals surface area (Å²) in [6.07, 6.45) is 0. The van der Waals surface area contributed by atoms with Crippen molar-refractivity contribution in [2.24, 2.45) is 0 Å². The Kier molecular flexibility index (Phi) is 3.93. The zero-order chi connectivity index (χ0) is 16.4. The summed E-state index contributed by atoms with van der Waals surface area (Å²) >= 11 is 0. The Morgan fingerprint density at radius 1 is 1.04 bits per heavy atom. The number of methoxy groups -OCH3 is 2. The fraction of sp³-hybridized carbons (Fsp3) is 0.167. The van der Waals surface area contributed by atoms with E-state index in [0.29, 0.717) is 22.7 Å². The van der Waals surface area contributed by atoms with Gasteiger partial charge in [0.25, 0.3) is 5.91 Å². The van der Waals surface area contributed by atoms with Crippen LogP contribution in [0.5, 0.6) is 11.5 Å². The molecular formula is C18H18N2O3. The van der Waals surface area contributed by atoms with E-state index in [2.05, 4.69) is 10.3 Å². The van der Waals surface area contributed by atoms with Crippen LogP contribution in [0.2, 0.25) is 0 Å². The first-order valence-electron chi connectivity index (χ1n) is 7.23. The maximum atomic E-state index is 12.5. The number of hydrogen-bond acceptors (Lipinski definition) is 3. The highest BCUT2D eigenvalue weighted by Crippen LogP contribution is 2.29. The number of aromatic amines is 1. The minimum Gasteiger partial charge on any atom is -0.497 e. The van der Waals surface area contributed by atoms with Crippen molar-refractivity contribution in [3.63, 3.8) is 0 Å². The molecule has 1 amide bonds. The number of anilines is 1. The van der Waals surface area contributed by atoms with Crippen LogP contribution in [0, 0.1) is 6.92 Å². The first kappa shape index (κ1) is 15.0. The van der Waals surface area contributed by atoms with Gasteiger partial charge in [0.1, 0.15) is 11.5 Å². The van der Waals surface area contributed by atoms with Crippen LogP contribution in [-0.4, -0.2) is 25.1 Å². The molecule has 0 aliphatic heterocycles. The van der Waals surface area contributed by atoms with Gasteiger partial charge in [-0.3, -0.25) is 4.79 Å². The highest BCUT2D eigenvalue weighted by molar-refractivity contribution is 6.07. The van der Waals surface area contributed by atoms with Crippen LogP contribution in [0.25, 0.3) is 10.9 Å². The highest BCUT2D eigenvalue weighted by Gasteiger charge is 2.11. The van der Waals surface area contributed by atoms with E-state index in [1.54, 1.807) is 38.5 Å². The predicted molar refractivity (Wildman–Crippen MR) is 90.5 cm³/mol. The number of amides is 1. The van der Waals surface area contributed by atoms with Crippen molar-refractivity contribution in [1.29, 1.82) is 0 Å². The second-order valence-electron chi connectivity index (χ2n) is 5.27. The molecule has 0 atom stereocenters. The van der Waals surface area contributed by atoms with Crippen molar-refractivity contribution >= 4 is 22.5 Å². The quantitative estimate of drug-likeness (QED) is 0.771. The molecule has 5 nitrogen and oxygen atoms in total. The number of carbonyl (C=O) groups excluding carboxylic acids is 1. The van der Waals surface area contributed by atoms with Gasteiger partial charge in [-0.25, -0.2) is 0 Å².